The Kier molecular flexibility index (Phi) is 4.33. The second kappa shape index (κ2) is 5.30. The third kappa shape index (κ3) is 2.48. The first kappa shape index (κ1) is 10.6. The largest absolute Gasteiger partial charge is 0.468 e. The lowest BCUT2D eigenvalue weighted by Crippen LogP contribution is -2.29. The quantitative estimate of drug-likeness (QED) is 0.682. The zero-order valence-electron chi connectivity index (χ0n) is 8.16. The van der Waals surface area contributed by atoms with Crippen LogP contribution in [0.15, 0.2) is 22.8 Å². The van der Waals surface area contributed by atoms with E-state index in [0.29, 0.717) is 5.88 Å². The molecule has 0 bridgehead atoms. The van der Waals surface area contributed by atoms with Crippen LogP contribution in [0.5, 0.6) is 0 Å². The number of halogens is 1. The van der Waals surface area contributed by atoms with Crippen molar-refractivity contribution >= 4 is 11.6 Å². The Labute approximate surface area is 84.5 Å². The van der Waals surface area contributed by atoms with Gasteiger partial charge in [-0.2, -0.15) is 0 Å². The maximum Gasteiger partial charge on any atom is 0.122 e. The van der Waals surface area contributed by atoms with E-state index in [0.717, 1.165) is 18.8 Å². The van der Waals surface area contributed by atoms with Crippen LogP contribution >= 0.6 is 11.6 Å². The number of hydrogen-bond acceptors (Lipinski definition) is 2. The molecule has 2 nitrogen and oxygen atoms in total. The van der Waals surface area contributed by atoms with Crippen LogP contribution in [0.4, 0.5) is 0 Å². The van der Waals surface area contributed by atoms with Gasteiger partial charge in [0.15, 0.2) is 0 Å². The lowest BCUT2D eigenvalue weighted by atomic mass is 10.2. The molecular weight excluding hydrogens is 186 g/mol. The summed E-state index contributed by atoms with van der Waals surface area (Å²) in [5, 5.41) is 0. The molecule has 0 amide bonds. The third-order valence-electron chi connectivity index (χ3n) is 2.27. The first-order chi connectivity index (χ1) is 6.33. The number of hydrogen-bond donors (Lipinski definition) is 0. The molecule has 0 saturated carbocycles. The lowest BCUT2D eigenvalue weighted by Gasteiger charge is -2.25. The molecule has 0 aliphatic heterocycles. The smallest absolute Gasteiger partial charge is 0.122 e. The van der Waals surface area contributed by atoms with Crippen molar-refractivity contribution in [3.8, 4) is 0 Å². The Morgan fingerprint density at radius 3 is 2.54 bits per heavy atom. The van der Waals surface area contributed by atoms with Crippen LogP contribution in [0.2, 0.25) is 0 Å². The summed E-state index contributed by atoms with van der Waals surface area (Å²) >= 11 is 5.91. The number of alkyl halides is 1. The van der Waals surface area contributed by atoms with E-state index in [1.54, 1.807) is 6.26 Å². The van der Waals surface area contributed by atoms with Crippen LogP contribution in [0, 0.1) is 0 Å². The minimum absolute atomic E-state index is 0.215. The van der Waals surface area contributed by atoms with E-state index < -0.39 is 0 Å². The average Bonchev–Trinajstić information content (AvgIpc) is 2.66. The van der Waals surface area contributed by atoms with Crippen LogP contribution in [-0.4, -0.2) is 23.9 Å². The summed E-state index contributed by atoms with van der Waals surface area (Å²) in [6, 6.07) is 4.09. The lowest BCUT2D eigenvalue weighted by molar-refractivity contribution is 0.210. The van der Waals surface area contributed by atoms with Crippen LogP contribution in [-0.2, 0) is 0 Å². The van der Waals surface area contributed by atoms with Crippen molar-refractivity contribution in [1.29, 1.82) is 0 Å². The average molecular weight is 202 g/mol. The summed E-state index contributed by atoms with van der Waals surface area (Å²) in [6.07, 6.45) is 1.69. The van der Waals surface area contributed by atoms with Gasteiger partial charge in [-0.25, -0.2) is 0 Å². The Morgan fingerprint density at radius 1 is 1.46 bits per heavy atom. The molecule has 1 aromatic rings. The highest BCUT2D eigenvalue weighted by Gasteiger charge is 2.18. The van der Waals surface area contributed by atoms with Crippen molar-refractivity contribution in [2.45, 2.75) is 19.9 Å². The minimum atomic E-state index is 0.215. The van der Waals surface area contributed by atoms with E-state index in [1.807, 2.05) is 12.1 Å². The first-order valence-electron chi connectivity index (χ1n) is 4.66. The fraction of sp³-hybridized carbons (Fsp3) is 0.600. The maximum atomic E-state index is 5.91. The van der Waals surface area contributed by atoms with E-state index >= 15 is 0 Å². The highest BCUT2D eigenvalue weighted by molar-refractivity contribution is 6.18. The SMILES string of the molecule is CCN(CC)C(CCl)c1ccco1. The summed E-state index contributed by atoms with van der Waals surface area (Å²) in [7, 11) is 0. The summed E-state index contributed by atoms with van der Waals surface area (Å²) in [5.74, 6) is 1.54. The second-order valence-corrected chi connectivity index (χ2v) is 3.22. The number of nitrogens with zero attached hydrogens (tertiary/aromatic N) is 1. The molecule has 1 rings (SSSR count). The van der Waals surface area contributed by atoms with Gasteiger partial charge in [0.1, 0.15) is 5.76 Å². The number of rotatable bonds is 5. The predicted molar refractivity (Wildman–Crippen MR) is 55.1 cm³/mol. The zero-order chi connectivity index (χ0) is 9.68. The standard InChI is InChI=1S/C10H16ClNO/c1-3-12(4-2)9(8-11)10-6-5-7-13-10/h5-7,9H,3-4,8H2,1-2H3. The molecule has 0 saturated heterocycles. The van der Waals surface area contributed by atoms with Crippen molar-refractivity contribution in [3.05, 3.63) is 24.2 Å². The summed E-state index contributed by atoms with van der Waals surface area (Å²) in [5.41, 5.74) is 0. The molecule has 1 aromatic heterocycles. The molecule has 1 atom stereocenters. The Morgan fingerprint density at radius 2 is 2.15 bits per heavy atom. The minimum Gasteiger partial charge on any atom is -0.468 e. The van der Waals surface area contributed by atoms with Crippen LogP contribution in [0.25, 0.3) is 0 Å². The van der Waals surface area contributed by atoms with Gasteiger partial charge in [-0.3, -0.25) is 4.90 Å². The van der Waals surface area contributed by atoms with Crippen molar-refractivity contribution in [2.75, 3.05) is 19.0 Å². The Balaban J connectivity index is 2.72. The highest BCUT2D eigenvalue weighted by Crippen LogP contribution is 2.21. The molecule has 74 valence electrons. The van der Waals surface area contributed by atoms with Gasteiger partial charge >= 0.3 is 0 Å². The molecule has 0 aliphatic carbocycles. The molecule has 1 unspecified atom stereocenters. The normalized spacial score (nSPS) is 13.5. The maximum absolute atomic E-state index is 5.91. The van der Waals surface area contributed by atoms with Crippen molar-refractivity contribution in [3.63, 3.8) is 0 Å². The molecular formula is C10H16ClNO. The molecule has 0 aliphatic rings. The van der Waals surface area contributed by atoms with Crippen LogP contribution < -0.4 is 0 Å². The van der Waals surface area contributed by atoms with E-state index in [1.165, 1.54) is 0 Å². The first-order valence-corrected chi connectivity index (χ1v) is 5.20. The molecule has 1 heterocycles. The Bertz CT molecular complexity index is 219. The van der Waals surface area contributed by atoms with E-state index in [2.05, 4.69) is 18.7 Å². The third-order valence-corrected chi connectivity index (χ3v) is 2.56. The summed E-state index contributed by atoms with van der Waals surface area (Å²) in [4.78, 5) is 2.28. The fourth-order valence-corrected chi connectivity index (χ4v) is 1.85. The summed E-state index contributed by atoms with van der Waals surface area (Å²) < 4.78 is 5.35. The topological polar surface area (TPSA) is 16.4 Å². The molecule has 0 fully saturated rings. The van der Waals surface area contributed by atoms with Crippen LogP contribution in [0.3, 0.4) is 0 Å². The van der Waals surface area contributed by atoms with E-state index in [4.69, 9.17) is 16.0 Å². The van der Waals surface area contributed by atoms with Gasteiger partial charge in [0, 0.05) is 5.88 Å². The van der Waals surface area contributed by atoms with Gasteiger partial charge in [0.05, 0.1) is 12.3 Å². The van der Waals surface area contributed by atoms with Gasteiger partial charge in [-0.15, -0.1) is 11.6 Å². The fourth-order valence-electron chi connectivity index (χ4n) is 1.50. The molecule has 13 heavy (non-hydrogen) atoms. The zero-order valence-corrected chi connectivity index (χ0v) is 8.92. The van der Waals surface area contributed by atoms with Gasteiger partial charge in [-0.05, 0) is 25.2 Å². The highest BCUT2D eigenvalue weighted by atomic mass is 35.5. The molecule has 0 N–H and O–H groups in total. The predicted octanol–water partition coefficient (Wildman–Crippen LogP) is 2.90. The summed E-state index contributed by atoms with van der Waals surface area (Å²) in [6.45, 7) is 6.25. The molecule has 0 aromatic carbocycles. The van der Waals surface area contributed by atoms with Gasteiger partial charge in [0.2, 0.25) is 0 Å². The number of furan rings is 1. The van der Waals surface area contributed by atoms with Crippen LogP contribution in [0.1, 0.15) is 25.6 Å². The van der Waals surface area contributed by atoms with E-state index in [9.17, 15) is 0 Å². The van der Waals surface area contributed by atoms with E-state index in [-0.39, 0.29) is 6.04 Å². The second-order valence-electron chi connectivity index (χ2n) is 2.91. The van der Waals surface area contributed by atoms with Gasteiger partial charge < -0.3 is 4.42 Å². The van der Waals surface area contributed by atoms with Gasteiger partial charge in [0.25, 0.3) is 0 Å². The monoisotopic (exact) mass is 201 g/mol. The van der Waals surface area contributed by atoms with Crippen molar-refractivity contribution < 1.29 is 4.42 Å². The molecule has 0 radical (unpaired) electrons. The van der Waals surface area contributed by atoms with Gasteiger partial charge in [-0.1, -0.05) is 13.8 Å². The molecule has 3 heteroatoms. The molecule has 0 spiro atoms. The Hall–Kier alpha value is -0.470. The van der Waals surface area contributed by atoms with Crippen molar-refractivity contribution in [1.82, 2.24) is 4.90 Å². The van der Waals surface area contributed by atoms with Crippen molar-refractivity contribution in [2.24, 2.45) is 0 Å².